The van der Waals surface area contributed by atoms with E-state index in [2.05, 4.69) is 154 Å². The van der Waals surface area contributed by atoms with Crippen LogP contribution in [0, 0.1) is 0 Å². The number of carbonyl (C=O) groups is 3. The minimum absolute atomic E-state index is 0.0834. The number of carbonyl (C=O) groups excluding carboxylic acids is 3. The maximum absolute atomic E-state index is 12.9. The van der Waals surface area contributed by atoms with Crippen molar-refractivity contribution in [3.8, 4) is 0 Å². The zero-order valence-corrected chi connectivity index (χ0v) is 63.7. The van der Waals surface area contributed by atoms with Crippen LogP contribution in [0.1, 0.15) is 303 Å². The number of allylic oxidation sites excluding steroid dienone is 22. The molecular weight excluding hydrogens is 1290 g/mol. The molecule has 0 bridgehead atoms. The summed E-state index contributed by atoms with van der Waals surface area (Å²) >= 11 is 0. The van der Waals surface area contributed by atoms with E-state index in [0.29, 0.717) is 19.3 Å². The molecular formula is C81H138O16P2. The number of esters is 3. The minimum Gasteiger partial charge on any atom is -0.463 e. The van der Waals surface area contributed by atoms with Crippen LogP contribution in [-0.2, 0) is 55.8 Å². The van der Waals surface area contributed by atoms with Gasteiger partial charge in [0.2, 0.25) is 0 Å². The van der Waals surface area contributed by atoms with Crippen LogP contribution in [0.4, 0.5) is 0 Å². The Hall–Kier alpha value is -4.31. The van der Waals surface area contributed by atoms with Crippen molar-refractivity contribution in [2.24, 2.45) is 0 Å². The summed E-state index contributed by atoms with van der Waals surface area (Å²) in [6.07, 6.45) is 87.8. The Morgan fingerprint density at radius 3 is 0.848 bits per heavy atom. The summed E-state index contributed by atoms with van der Waals surface area (Å²) in [5.74, 6) is -1.61. The zero-order chi connectivity index (χ0) is 72.3. The number of phosphoric ester groups is 2. The number of unbranched alkanes of at least 4 members (excludes halogenated alkanes) is 27. The molecule has 4 N–H and O–H groups in total. The molecule has 0 amide bonds. The van der Waals surface area contributed by atoms with Gasteiger partial charge in [0.25, 0.3) is 0 Å². The summed E-state index contributed by atoms with van der Waals surface area (Å²) in [6, 6.07) is 0. The molecule has 568 valence electrons. The fraction of sp³-hybridized carbons (Fsp3) is 0.691. The lowest BCUT2D eigenvalue weighted by Crippen LogP contribution is -2.30. The number of hydrogen-bond acceptors (Lipinski definition) is 14. The first kappa shape index (κ1) is 94.7. The summed E-state index contributed by atoms with van der Waals surface area (Å²) in [7, 11) is -9.80. The molecule has 18 heteroatoms. The predicted octanol–water partition coefficient (Wildman–Crippen LogP) is 22.3. The zero-order valence-electron chi connectivity index (χ0n) is 61.9. The van der Waals surface area contributed by atoms with Gasteiger partial charge < -0.3 is 34.2 Å². The van der Waals surface area contributed by atoms with Crippen molar-refractivity contribution in [3.63, 3.8) is 0 Å². The van der Waals surface area contributed by atoms with Crippen molar-refractivity contribution < 1.29 is 75.8 Å². The van der Waals surface area contributed by atoms with Gasteiger partial charge in [0.05, 0.1) is 26.4 Å². The Labute approximate surface area is 601 Å². The summed E-state index contributed by atoms with van der Waals surface area (Å²) in [6.45, 7) is 2.48. The Morgan fingerprint density at radius 2 is 0.535 bits per heavy atom. The highest BCUT2D eigenvalue weighted by molar-refractivity contribution is 7.47. The van der Waals surface area contributed by atoms with Crippen molar-refractivity contribution in [1.82, 2.24) is 0 Å². The third kappa shape index (κ3) is 74.7. The lowest BCUT2D eigenvalue weighted by atomic mass is 10.1. The first-order valence-electron chi connectivity index (χ1n) is 38.5. The van der Waals surface area contributed by atoms with Gasteiger partial charge in [-0.05, 0) is 141 Å². The topological polar surface area (TPSA) is 231 Å². The Kier molecular flexibility index (Phi) is 70.2. The van der Waals surface area contributed by atoms with Crippen molar-refractivity contribution in [1.29, 1.82) is 0 Å². The van der Waals surface area contributed by atoms with Gasteiger partial charge in [-0.1, -0.05) is 276 Å². The molecule has 0 aromatic carbocycles. The van der Waals surface area contributed by atoms with E-state index >= 15 is 0 Å². The van der Waals surface area contributed by atoms with E-state index in [1.54, 1.807) is 0 Å². The third-order valence-electron chi connectivity index (χ3n) is 15.8. The Morgan fingerprint density at radius 1 is 0.293 bits per heavy atom. The second-order valence-electron chi connectivity index (χ2n) is 25.4. The first-order chi connectivity index (χ1) is 48.2. The van der Waals surface area contributed by atoms with Crippen LogP contribution in [0.5, 0.6) is 0 Å². The molecule has 0 fully saturated rings. The van der Waals surface area contributed by atoms with Crippen molar-refractivity contribution in [2.45, 2.75) is 322 Å². The maximum Gasteiger partial charge on any atom is 0.472 e. The standard InChI is InChI=1S/C81H138O16P2/c1-4-7-10-13-16-19-22-25-28-30-32-33-34-35-36-37-38-39-40-41-43-45-47-49-52-55-58-61-64-67-79(84)91-70-76(82)71-93-98(87,88)94-72-77(83)73-95-99(89,90)96-75-78(97-81(86)69-66-63-60-57-54-51-46-27-24-21-18-15-12-9-6-3)74-92-80(85)68-65-62-59-56-53-50-48-44-42-31-29-26-23-20-17-14-11-8-5-2/h7,10,16-21,25-29,32-33,35-36,38-39,42,44,46,76-78,82-83H,4-6,8-9,11-15,22-24,30-31,34,37,40-41,43,45,47-75H2,1-3H3,(H,87,88)(H,89,90)/b10-7-,19-16-,20-17-,21-18-,28-25-,29-26-,33-32-,36-35-,39-38-,44-42-,46-27-. The molecule has 5 atom stereocenters. The SMILES string of the molecule is CC/C=C\C/C=C\C/C=C\C/C=C\C/C=C\C/C=C\CCCCCCCCCCCCC(=O)OCC(O)COP(=O)(O)OCC(O)COP(=O)(O)OCC(COC(=O)CCCCCCCC/C=C\C/C=C\C/C=C\CCCCC)OC(=O)CCCCCCC/C=C\C/C=C\CCCCC. The molecule has 99 heavy (non-hydrogen) atoms. The van der Waals surface area contributed by atoms with Gasteiger partial charge in [0.15, 0.2) is 6.10 Å². The lowest BCUT2D eigenvalue weighted by Gasteiger charge is -2.21. The summed E-state index contributed by atoms with van der Waals surface area (Å²) in [5, 5.41) is 20.6. The third-order valence-corrected chi connectivity index (χ3v) is 17.7. The van der Waals surface area contributed by atoms with Gasteiger partial charge in [0, 0.05) is 19.3 Å². The van der Waals surface area contributed by atoms with Crippen LogP contribution in [0.3, 0.4) is 0 Å². The molecule has 0 aliphatic carbocycles. The molecule has 0 aromatic heterocycles. The van der Waals surface area contributed by atoms with E-state index in [-0.39, 0.29) is 19.3 Å². The number of aliphatic hydroxyl groups is 2. The lowest BCUT2D eigenvalue weighted by molar-refractivity contribution is -0.161. The Bertz CT molecular complexity index is 2330. The van der Waals surface area contributed by atoms with Gasteiger partial charge in [-0.15, -0.1) is 0 Å². The van der Waals surface area contributed by atoms with Crippen LogP contribution < -0.4 is 0 Å². The van der Waals surface area contributed by atoms with Gasteiger partial charge in [-0.3, -0.25) is 32.5 Å². The molecule has 0 aliphatic rings. The molecule has 0 heterocycles. The molecule has 0 spiro atoms. The predicted molar refractivity (Wildman–Crippen MR) is 408 cm³/mol. The summed E-state index contributed by atoms with van der Waals surface area (Å²) < 4.78 is 61.1. The van der Waals surface area contributed by atoms with Crippen molar-refractivity contribution in [3.05, 3.63) is 134 Å². The molecule has 16 nitrogen and oxygen atoms in total. The van der Waals surface area contributed by atoms with E-state index in [9.17, 15) is 43.5 Å². The van der Waals surface area contributed by atoms with E-state index in [1.807, 2.05) is 0 Å². The van der Waals surface area contributed by atoms with Gasteiger partial charge in [-0.2, -0.15) is 0 Å². The fourth-order valence-electron chi connectivity index (χ4n) is 9.96. The molecule has 0 aliphatic heterocycles. The Balaban J connectivity index is 4.55. The number of phosphoric acid groups is 2. The number of rotatable bonds is 72. The number of aliphatic hydroxyl groups excluding tert-OH is 2. The van der Waals surface area contributed by atoms with E-state index in [1.165, 1.54) is 70.6 Å². The molecule has 0 rings (SSSR count). The van der Waals surface area contributed by atoms with Crippen LogP contribution in [-0.4, -0.2) is 95.9 Å². The highest BCUT2D eigenvalue weighted by atomic mass is 31.2. The van der Waals surface area contributed by atoms with E-state index < -0.39 is 91.5 Å². The van der Waals surface area contributed by atoms with Crippen LogP contribution in [0.2, 0.25) is 0 Å². The second-order valence-corrected chi connectivity index (χ2v) is 28.3. The average molecular weight is 1430 g/mol. The van der Waals surface area contributed by atoms with Gasteiger partial charge in [0.1, 0.15) is 25.4 Å². The van der Waals surface area contributed by atoms with Crippen molar-refractivity contribution >= 4 is 33.6 Å². The maximum atomic E-state index is 12.9. The second kappa shape index (κ2) is 73.4. The summed E-state index contributed by atoms with van der Waals surface area (Å²) in [4.78, 5) is 58.6. The number of ether oxygens (including phenoxy) is 3. The average Bonchev–Trinajstić information content (AvgIpc) is 1.73. The highest BCUT2D eigenvalue weighted by Gasteiger charge is 2.29. The molecule has 0 saturated carbocycles. The monoisotopic (exact) mass is 1430 g/mol. The molecule has 0 saturated heterocycles. The highest BCUT2D eigenvalue weighted by Crippen LogP contribution is 2.45. The van der Waals surface area contributed by atoms with Gasteiger partial charge in [-0.25, -0.2) is 9.13 Å². The summed E-state index contributed by atoms with van der Waals surface area (Å²) in [5.41, 5.74) is 0. The molecule has 5 unspecified atom stereocenters. The quantitative estimate of drug-likeness (QED) is 0.0146. The number of hydrogen-bond donors (Lipinski definition) is 4. The van der Waals surface area contributed by atoms with Crippen LogP contribution >= 0.6 is 15.6 Å². The smallest absolute Gasteiger partial charge is 0.463 e. The largest absolute Gasteiger partial charge is 0.472 e. The van der Waals surface area contributed by atoms with Crippen molar-refractivity contribution in [2.75, 3.05) is 39.6 Å². The van der Waals surface area contributed by atoms with E-state index in [0.717, 1.165) is 173 Å². The van der Waals surface area contributed by atoms with Crippen LogP contribution in [0.25, 0.3) is 0 Å². The fourth-order valence-corrected chi connectivity index (χ4v) is 11.5. The van der Waals surface area contributed by atoms with E-state index in [4.69, 9.17) is 32.3 Å². The molecule has 0 radical (unpaired) electrons. The van der Waals surface area contributed by atoms with Gasteiger partial charge >= 0.3 is 33.6 Å². The minimum atomic E-state index is -4.94. The molecule has 0 aromatic rings. The normalized spacial score (nSPS) is 14.8. The first-order valence-corrected chi connectivity index (χ1v) is 41.5. The van der Waals surface area contributed by atoms with Crippen LogP contribution in [0.15, 0.2) is 134 Å².